The highest BCUT2D eigenvalue weighted by Crippen LogP contribution is 2.18. The van der Waals surface area contributed by atoms with Gasteiger partial charge < -0.3 is 4.74 Å². The third kappa shape index (κ3) is 7.93. The molecule has 0 bridgehead atoms. The van der Waals surface area contributed by atoms with Gasteiger partial charge in [0.05, 0.1) is 12.0 Å². The van der Waals surface area contributed by atoms with Crippen molar-refractivity contribution in [2.75, 3.05) is 6.61 Å². The van der Waals surface area contributed by atoms with Crippen molar-refractivity contribution in [1.29, 1.82) is 5.26 Å². The highest BCUT2D eigenvalue weighted by atomic mass is 19.4. The van der Waals surface area contributed by atoms with Crippen molar-refractivity contribution in [3.63, 3.8) is 0 Å². The summed E-state index contributed by atoms with van der Waals surface area (Å²) in [6, 6.07) is 1.86. The van der Waals surface area contributed by atoms with E-state index < -0.39 is 24.7 Å². The van der Waals surface area contributed by atoms with Crippen LogP contribution in [0.4, 0.5) is 13.2 Å². The number of esters is 1. The van der Waals surface area contributed by atoms with E-state index in [9.17, 15) is 18.0 Å². The molecule has 0 aliphatic carbocycles. The van der Waals surface area contributed by atoms with E-state index in [1.807, 2.05) is 6.07 Å². The predicted octanol–water partition coefficient (Wildman–Crippen LogP) is 3.59. The first-order valence-electron chi connectivity index (χ1n) is 6.05. The Morgan fingerprint density at radius 1 is 1.28 bits per heavy atom. The average molecular weight is 265 g/mol. The van der Waals surface area contributed by atoms with Crippen LogP contribution in [-0.4, -0.2) is 18.8 Å². The molecule has 0 N–H and O–H groups in total. The maximum Gasteiger partial charge on any atom is 0.490 e. The third-order valence-electron chi connectivity index (χ3n) is 2.49. The molecular weight excluding hydrogens is 247 g/mol. The molecule has 0 rings (SSSR count). The van der Waals surface area contributed by atoms with Gasteiger partial charge in [-0.05, 0) is 6.42 Å². The Bertz CT molecular complexity index is 284. The lowest BCUT2D eigenvalue weighted by atomic mass is 10.0. The molecule has 0 saturated carbocycles. The zero-order valence-corrected chi connectivity index (χ0v) is 10.4. The Kier molecular flexibility index (Phi) is 8.17. The second kappa shape index (κ2) is 8.78. The smallest absolute Gasteiger partial charge is 0.458 e. The van der Waals surface area contributed by atoms with Crippen LogP contribution in [0, 0.1) is 17.2 Å². The zero-order chi connectivity index (χ0) is 14.0. The second-order valence-electron chi connectivity index (χ2n) is 4.13. The van der Waals surface area contributed by atoms with E-state index in [2.05, 4.69) is 11.7 Å². The third-order valence-corrected chi connectivity index (χ3v) is 2.49. The van der Waals surface area contributed by atoms with Crippen LogP contribution in [0.1, 0.15) is 45.4 Å². The van der Waals surface area contributed by atoms with Gasteiger partial charge in [0.1, 0.15) is 6.61 Å². The van der Waals surface area contributed by atoms with Crippen LogP contribution in [0.5, 0.6) is 0 Å². The van der Waals surface area contributed by atoms with Gasteiger partial charge in [-0.1, -0.05) is 39.0 Å². The summed E-state index contributed by atoms with van der Waals surface area (Å²) in [6.07, 6.45) is 0.454. The first-order valence-corrected chi connectivity index (χ1v) is 6.05. The molecule has 0 saturated heterocycles. The van der Waals surface area contributed by atoms with Crippen molar-refractivity contribution in [2.24, 2.45) is 5.92 Å². The molecule has 104 valence electrons. The van der Waals surface area contributed by atoms with E-state index in [4.69, 9.17) is 5.26 Å². The molecule has 0 spiro atoms. The summed E-state index contributed by atoms with van der Waals surface area (Å²) < 4.78 is 39.6. The highest BCUT2D eigenvalue weighted by Gasteiger charge is 2.41. The highest BCUT2D eigenvalue weighted by molar-refractivity contribution is 5.75. The van der Waals surface area contributed by atoms with Crippen LogP contribution >= 0.6 is 0 Å². The maximum atomic E-state index is 11.8. The summed E-state index contributed by atoms with van der Waals surface area (Å²) in [6.45, 7) is 1.59. The van der Waals surface area contributed by atoms with Gasteiger partial charge in [-0.3, -0.25) is 0 Å². The molecule has 0 heterocycles. The number of ether oxygens (including phenoxy) is 1. The molecule has 3 nitrogen and oxygen atoms in total. The fourth-order valence-electron chi connectivity index (χ4n) is 1.44. The Balaban J connectivity index is 3.78. The average Bonchev–Trinajstić information content (AvgIpc) is 2.31. The Morgan fingerprint density at radius 2 is 1.89 bits per heavy atom. The SMILES string of the molecule is CCCCCCCC(C#N)COC(=O)C(F)(F)F. The van der Waals surface area contributed by atoms with Gasteiger partial charge in [0.15, 0.2) is 0 Å². The number of hydrogen-bond donors (Lipinski definition) is 0. The van der Waals surface area contributed by atoms with Gasteiger partial charge in [-0.15, -0.1) is 0 Å². The van der Waals surface area contributed by atoms with E-state index in [-0.39, 0.29) is 0 Å². The van der Waals surface area contributed by atoms with Crippen molar-refractivity contribution >= 4 is 5.97 Å². The predicted molar refractivity (Wildman–Crippen MR) is 59.5 cm³/mol. The molecule has 0 fully saturated rings. The van der Waals surface area contributed by atoms with E-state index in [1.165, 1.54) is 0 Å². The maximum absolute atomic E-state index is 11.8. The molecule has 0 amide bonds. The number of nitriles is 1. The summed E-state index contributed by atoms with van der Waals surface area (Å²) in [5.41, 5.74) is 0. The Labute approximate surface area is 105 Å². The summed E-state index contributed by atoms with van der Waals surface area (Å²) in [7, 11) is 0. The fraction of sp³-hybridized carbons (Fsp3) is 0.833. The molecule has 0 aliphatic rings. The van der Waals surface area contributed by atoms with Gasteiger partial charge in [0.2, 0.25) is 0 Å². The zero-order valence-electron chi connectivity index (χ0n) is 10.4. The number of carbonyl (C=O) groups is 1. The van der Waals surface area contributed by atoms with Crippen molar-refractivity contribution in [3.8, 4) is 6.07 Å². The molecule has 0 aromatic rings. The van der Waals surface area contributed by atoms with Crippen LogP contribution in [0.3, 0.4) is 0 Å². The van der Waals surface area contributed by atoms with E-state index >= 15 is 0 Å². The van der Waals surface area contributed by atoms with Crippen LogP contribution in [0.2, 0.25) is 0 Å². The number of carbonyl (C=O) groups excluding carboxylic acids is 1. The van der Waals surface area contributed by atoms with Crippen molar-refractivity contribution < 1.29 is 22.7 Å². The van der Waals surface area contributed by atoms with E-state index in [1.54, 1.807) is 0 Å². The molecule has 1 atom stereocenters. The monoisotopic (exact) mass is 265 g/mol. The normalized spacial score (nSPS) is 12.8. The largest absolute Gasteiger partial charge is 0.490 e. The summed E-state index contributed by atoms with van der Waals surface area (Å²) in [5, 5.41) is 8.72. The second-order valence-corrected chi connectivity index (χ2v) is 4.13. The number of halogens is 3. The number of unbranched alkanes of at least 4 members (excludes halogenated alkanes) is 4. The first-order chi connectivity index (χ1) is 8.41. The fourth-order valence-corrected chi connectivity index (χ4v) is 1.44. The van der Waals surface area contributed by atoms with Crippen molar-refractivity contribution in [1.82, 2.24) is 0 Å². The topological polar surface area (TPSA) is 50.1 Å². The van der Waals surface area contributed by atoms with Gasteiger partial charge >= 0.3 is 12.1 Å². The minimum Gasteiger partial charge on any atom is -0.458 e. The number of rotatable bonds is 8. The number of hydrogen-bond acceptors (Lipinski definition) is 3. The molecule has 0 aromatic heterocycles. The van der Waals surface area contributed by atoms with Gasteiger partial charge in [0.25, 0.3) is 0 Å². The lowest BCUT2D eigenvalue weighted by Gasteiger charge is -2.11. The molecular formula is C12H18F3NO2. The van der Waals surface area contributed by atoms with Crippen molar-refractivity contribution in [2.45, 2.75) is 51.6 Å². The minimum absolute atomic E-state index is 0.464. The Morgan fingerprint density at radius 3 is 2.39 bits per heavy atom. The van der Waals surface area contributed by atoms with E-state index in [0.29, 0.717) is 6.42 Å². The lowest BCUT2D eigenvalue weighted by molar-refractivity contribution is -0.200. The summed E-state index contributed by atoms with van der Waals surface area (Å²) >= 11 is 0. The quantitative estimate of drug-likeness (QED) is 0.497. The van der Waals surface area contributed by atoms with E-state index in [0.717, 1.165) is 32.1 Å². The van der Waals surface area contributed by atoms with Crippen LogP contribution < -0.4 is 0 Å². The lowest BCUT2D eigenvalue weighted by Crippen LogP contribution is -2.27. The van der Waals surface area contributed by atoms with Crippen LogP contribution in [-0.2, 0) is 9.53 Å². The molecule has 6 heteroatoms. The van der Waals surface area contributed by atoms with Crippen LogP contribution in [0.25, 0.3) is 0 Å². The molecule has 0 radical (unpaired) electrons. The van der Waals surface area contributed by atoms with Crippen molar-refractivity contribution in [3.05, 3.63) is 0 Å². The summed E-state index contributed by atoms with van der Waals surface area (Å²) in [4.78, 5) is 10.4. The molecule has 18 heavy (non-hydrogen) atoms. The minimum atomic E-state index is -4.98. The molecule has 1 unspecified atom stereocenters. The number of alkyl halides is 3. The standard InChI is InChI=1S/C12H18F3NO2/c1-2-3-4-5-6-7-10(8-16)9-18-11(17)12(13,14)15/h10H,2-7,9H2,1H3. The van der Waals surface area contributed by atoms with Crippen LogP contribution in [0.15, 0.2) is 0 Å². The van der Waals surface area contributed by atoms with Gasteiger partial charge in [-0.25, -0.2) is 4.79 Å². The molecule has 0 aliphatic heterocycles. The van der Waals surface area contributed by atoms with Gasteiger partial charge in [0, 0.05) is 0 Å². The van der Waals surface area contributed by atoms with Gasteiger partial charge in [-0.2, -0.15) is 18.4 Å². The number of nitrogens with zero attached hydrogens (tertiary/aromatic N) is 1. The first kappa shape index (κ1) is 16.8. The molecule has 0 aromatic carbocycles. The summed E-state index contributed by atoms with van der Waals surface area (Å²) in [5.74, 6) is -2.88. The Hall–Kier alpha value is -1.25.